The summed E-state index contributed by atoms with van der Waals surface area (Å²) in [6.45, 7) is 0. The van der Waals surface area contributed by atoms with E-state index in [0.29, 0.717) is 12.8 Å². The second-order valence-corrected chi connectivity index (χ2v) is 5.20. The second kappa shape index (κ2) is 6.43. The molecule has 1 N–H and O–H groups in total. The second-order valence-electron chi connectivity index (χ2n) is 5.20. The number of aliphatic carboxylic acids is 1. The van der Waals surface area contributed by atoms with Crippen LogP contribution in [0.5, 0.6) is 0 Å². The van der Waals surface area contributed by atoms with Gasteiger partial charge in [0.2, 0.25) is 11.6 Å². The van der Waals surface area contributed by atoms with Gasteiger partial charge in [-0.2, -0.15) is 0 Å². The van der Waals surface area contributed by atoms with E-state index >= 15 is 0 Å². The van der Waals surface area contributed by atoms with Crippen molar-refractivity contribution < 1.29 is 24.3 Å². The topological polar surface area (TPSA) is 88.5 Å². The monoisotopic (exact) mass is 288 g/mol. The van der Waals surface area contributed by atoms with Crippen LogP contribution in [0.2, 0.25) is 0 Å². The fourth-order valence-corrected chi connectivity index (χ4v) is 2.57. The van der Waals surface area contributed by atoms with E-state index in [-0.39, 0.29) is 25.0 Å². The predicted molar refractivity (Wildman–Crippen MR) is 73.8 cm³/mol. The van der Waals surface area contributed by atoms with E-state index in [0.717, 1.165) is 11.1 Å². The molecule has 1 aromatic rings. The molecule has 0 radical (unpaired) electrons. The molecule has 5 heteroatoms. The van der Waals surface area contributed by atoms with Gasteiger partial charge in [-0.1, -0.05) is 24.3 Å². The highest BCUT2D eigenvalue weighted by atomic mass is 16.4. The molecule has 0 heterocycles. The first-order valence-corrected chi connectivity index (χ1v) is 6.87. The molecule has 0 amide bonds. The molecule has 0 bridgehead atoms. The molecule has 0 spiro atoms. The maximum absolute atomic E-state index is 11.7. The van der Waals surface area contributed by atoms with E-state index in [4.69, 9.17) is 5.11 Å². The van der Waals surface area contributed by atoms with Crippen molar-refractivity contribution in [2.75, 3.05) is 0 Å². The molecule has 2 rings (SSSR count). The SMILES string of the molecule is O=C(O)CCCc1ccccc1CC1C(=O)CC(=O)C1=O. The van der Waals surface area contributed by atoms with Crippen molar-refractivity contribution in [3.8, 4) is 0 Å². The highest BCUT2D eigenvalue weighted by Crippen LogP contribution is 2.22. The van der Waals surface area contributed by atoms with Crippen molar-refractivity contribution in [1.29, 1.82) is 0 Å². The molecule has 110 valence electrons. The summed E-state index contributed by atoms with van der Waals surface area (Å²) in [6, 6.07) is 7.33. The van der Waals surface area contributed by atoms with Gasteiger partial charge in [0, 0.05) is 6.42 Å². The fraction of sp³-hybridized carbons (Fsp3) is 0.375. The van der Waals surface area contributed by atoms with Crippen LogP contribution >= 0.6 is 0 Å². The Hall–Kier alpha value is -2.30. The summed E-state index contributed by atoms with van der Waals surface area (Å²) < 4.78 is 0. The van der Waals surface area contributed by atoms with Crippen molar-refractivity contribution in [1.82, 2.24) is 0 Å². The first kappa shape index (κ1) is 15.1. The lowest BCUT2D eigenvalue weighted by Crippen LogP contribution is -2.20. The Balaban J connectivity index is 2.09. The lowest BCUT2D eigenvalue weighted by molar-refractivity contribution is -0.137. The van der Waals surface area contributed by atoms with Gasteiger partial charge in [-0.05, 0) is 30.4 Å². The van der Waals surface area contributed by atoms with Gasteiger partial charge in [0.1, 0.15) is 0 Å². The zero-order valence-electron chi connectivity index (χ0n) is 11.5. The minimum Gasteiger partial charge on any atom is -0.481 e. The van der Waals surface area contributed by atoms with Crippen LogP contribution in [0.4, 0.5) is 0 Å². The molecule has 21 heavy (non-hydrogen) atoms. The van der Waals surface area contributed by atoms with Gasteiger partial charge in [0.25, 0.3) is 0 Å². The number of hydrogen-bond donors (Lipinski definition) is 1. The number of aryl methyl sites for hydroxylation is 1. The standard InChI is InChI=1S/C16H16O5/c17-13-9-14(18)16(21)12(13)8-11-5-2-1-4-10(11)6-3-7-15(19)20/h1-2,4-5,12H,3,6-9H2,(H,19,20). The Labute approximate surface area is 122 Å². The summed E-state index contributed by atoms with van der Waals surface area (Å²) in [5, 5.41) is 8.66. The number of carbonyl (C=O) groups is 4. The molecule has 0 aliphatic heterocycles. The maximum atomic E-state index is 11.7. The van der Waals surface area contributed by atoms with E-state index in [1.165, 1.54) is 0 Å². The van der Waals surface area contributed by atoms with Gasteiger partial charge < -0.3 is 5.11 Å². The number of ketones is 3. The number of carboxylic acids is 1. The van der Waals surface area contributed by atoms with Crippen molar-refractivity contribution in [2.24, 2.45) is 5.92 Å². The molecule has 1 atom stereocenters. The van der Waals surface area contributed by atoms with Crippen LogP contribution in [0.3, 0.4) is 0 Å². The number of Topliss-reactive ketones (excluding diaryl/α,β-unsaturated/α-hetero) is 3. The Bertz CT molecular complexity index is 602. The summed E-state index contributed by atoms with van der Waals surface area (Å²) in [4.78, 5) is 45.2. The Morgan fingerprint density at radius 1 is 1.14 bits per heavy atom. The van der Waals surface area contributed by atoms with Crippen LogP contribution in [0.25, 0.3) is 0 Å². The van der Waals surface area contributed by atoms with Gasteiger partial charge in [-0.15, -0.1) is 0 Å². The Morgan fingerprint density at radius 2 is 1.81 bits per heavy atom. The third-order valence-corrected chi connectivity index (χ3v) is 3.69. The molecule has 1 saturated carbocycles. The molecule has 1 fully saturated rings. The molecule has 1 aliphatic rings. The number of rotatable bonds is 6. The molecule has 0 saturated heterocycles. The molecule has 1 aliphatic carbocycles. The van der Waals surface area contributed by atoms with Crippen molar-refractivity contribution in [3.05, 3.63) is 35.4 Å². The molecule has 5 nitrogen and oxygen atoms in total. The van der Waals surface area contributed by atoms with E-state index in [9.17, 15) is 19.2 Å². The van der Waals surface area contributed by atoms with Crippen LogP contribution in [0.15, 0.2) is 24.3 Å². The van der Waals surface area contributed by atoms with E-state index in [1.54, 1.807) is 0 Å². The average molecular weight is 288 g/mol. The van der Waals surface area contributed by atoms with Crippen LogP contribution in [-0.2, 0) is 32.0 Å². The lowest BCUT2D eigenvalue weighted by Gasteiger charge is -2.11. The summed E-state index contributed by atoms with van der Waals surface area (Å²) in [5.41, 5.74) is 1.77. The third-order valence-electron chi connectivity index (χ3n) is 3.69. The zero-order chi connectivity index (χ0) is 15.4. The van der Waals surface area contributed by atoms with Gasteiger partial charge in [-0.3, -0.25) is 19.2 Å². The number of hydrogen-bond acceptors (Lipinski definition) is 4. The quantitative estimate of drug-likeness (QED) is 0.630. The van der Waals surface area contributed by atoms with Crippen LogP contribution in [-0.4, -0.2) is 28.4 Å². The van der Waals surface area contributed by atoms with E-state index in [2.05, 4.69) is 0 Å². The first-order valence-electron chi connectivity index (χ1n) is 6.87. The van der Waals surface area contributed by atoms with E-state index < -0.39 is 23.5 Å². The largest absolute Gasteiger partial charge is 0.481 e. The Kier molecular flexibility index (Phi) is 4.62. The summed E-state index contributed by atoms with van der Waals surface area (Å²) >= 11 is 0. The third kappa shape index (κ3) is 3.62. The molecular weight excluding hydrogens is 272 g/mol. The van der Waals surface area contributed by atoms with Crippen LogP contribution in [0.1, 0.15) is 30.4 Å². The number of carbonyl (C=O) groups excluding carboxylic acids is 3. The van der Waals surface area contributed by atoms with Crippen LogP contribution in [0, 0.1) is 5.92 Å². The van der Waals surface area contributed by atoms with Gasteiger partial charge in [-0.25, -0.2) is 0 Å². The summed E-state index contributed by atoms with van der Waals surface area (Å²) in [7, 11) is 0. The lowest BCUT2D eigenvalue weighted by atomic mass is 9.91. The van der Waals surface area contributed by atoms with E-state index in [1.807, 2.05) is 24.3 Å². The molecule has 1 unspecified atom stereocenters. The average Bonchev–Trinajstić information content (AvgIpc) is 2.67. The molecular formula is C16H16O5. The highest BCUT2D eigenvalue weighted by Gasteiger charge is 2.39. The minimum atomic E-state index is -0.863. The molecule has 0 aromatic heterocycles. The predicted octanol–water partition coefficient (Wildman–Crippen LogP) is 1.36. The summed E-state index contributed by atoms with van der Waals surface area (Å²) in [5.74, 6) is -3.23. The number of carboxylic acid groups (broad SMARTS) is 1. The fourth-order valence-electron chi connectivity index (χ4n) is 2.57. The zero-order valence-corrected chi connectivity index (χ0v) is 11.5. The van der Waals surface area contributed by atoms with Gasteiger partial charge >= 0.3 is 5.97 Å². The van der Waals surface area contributed by atoms with Gasteiger partial charge in [0.15, 0.2) is 5.78 Å². The maximum Gasteiger partial charge on any atom is 0.303 e. The smallest absolute Gasteiger partial charge is 0.303 e. The molecule has 1 aromatic carbocycles. The Morgan fingerprint density at radius 3 is 2.38 bits per heavy atom. The number of benzene rings is 1. The van der Waals surface area contributed by atoms with Crippen molar-refractivity contribution in [3.63, 3.8) is 0 Å². The van der Waals surface area contributed by atoms with Gasteiger partial charge in [0.05, 0.1) is 12.3 Å². The highest BCUT2D eigenvalue weighted by molar-refractivity contribution is 6.49. The van der Waals surface area contributed by atoms with Crippen molar-refractivity contribution in [2.45, 2.75) is 32.1 Å². The van der Waals surface area contributed by atoms with Crippen molar-refractivity contribution >= 4 is 23.3 Å². The summed E-state index contributed by atoms with van der Waals surface area (Å²) in [6.07, 6.45) is 1.09. The van der Waals surface area contributed by atoms with Crippen LogP contribution < -0.4 is 0 Å². The normalized spacial score (nSPS) is 18.3. The minimum absolute atomic E-state index is 0.0775. The first-order chi connectivity index (χ1) is 9.99.